The molecular formula is C22H25NO5. The van der Waals surface area contributed by atoms with E-state index in [1.807, 2.05) is 50.2 Å². The normalized spacial score (nSPS) is 13.7. The first-order valence-corrected chi connectivity index (χ1v) is 9.40. The Labute approximate surface area is 164 Å². The molecule has 28 heavy (non-hydrogen) atoms. The SMILES string of the molecule is CC(C)OC[C@H](CC(=O)O)NC(=O)OCC1c2ccccc2-c2ccccc21. The van der Waals surface area contributed by atoms with Gasteiger partial charge >= 0.3 is 12.1 Å². The van der Waals surface area contributed by atoms with Gasteiger partial charge in [0, 0.05) is 5.92 Å². The minimum absolute atomic E-state index is 0.0389. The Morgan fingerprint density at radius 2 is 1.61 bits per heavy atom. The summed E-state index contributed by atoms with van der Waals surface area (Å²) in [5, 5.41) is 11.6. The molecule has 0 aromatic heterocycles. The highest BCUT2D eigenvalue weighted by Gasteiger charge is 2.29. The molecule has 0 heterocycles. The highest BCUT2D eigenvalue weighted by molar-refractivity contribution is 5.79. The predicted octanol–water partition coefficient (Wildman–Crippen LogP) is 3.79. The standard InChI is InChI=1S/C22H25NO5/c1-14(2)27-12-15(11-21(24)25)23-22(26)28-13-20-18-9-5-3-7-16(18)17-8-4-6-10-19(17)20/h3-10,14-15,20H,11-13H2,1-2H3,(H,23,26)(H,24,25)/t15-/m0/s1. The van der Waals surface area contributed by atoms with Crippen LogP contribution in [0.15, 0.2) is 48.5 Å². The average Bonchev–Trinajstić information content (AvgIpc) is 2.98. The van der Waals surface area contributed by atoms with Crippen molar-refractivity contribution < 1.29 is 24.2 Å². The van der Waals surface area contributed by atoms with E-state index in [0.717, 1.165) is 22.3 Å². The fourth-order valence-electron chi connectivity index (χ4n) is 3.48. The fraction of sp³-hybridized carbons (Fsp3) is 0.364. The van der Waals surface area contributed by atoms with Gasteiger partial charge in [-0.05, 0) is 36.1 Å². The largest absolute Gasteiger partial charge is 0.481 e. The van der Waals surface area contributed by atoms with E-state index < -0.39 is 18.1 Å². The molecule has 1 amide bonds. The van der Waals surface area contributed by atoms with Crippen LogP contribution in [0.2, 0.25) is 0 Å². The summed E-state index contributed by atoms with van der Waals surface area (Å²) in [6.45, 7) is 4.01. The minimum Gasteiger partial charge on any atom is -0.481 e. The van der Waals surface area contributed by atoms with E-state index in [4.69, 9.17) is 14.6 Å². The number of carboxylic acid groups (broad SMARTS) is 1. The number of carboxylic acids is 1. The molecule has 3 rings (SSSR count). The van der Waals surface area contributed by atoms with Gasteiger partial charge in [-0.3, -0.25) is 4.79 Å². The van der Waals surface area contributed by atoms with Crippen LogP contribution in [0.3, 0.4) is 0 Å². The Hall–Kier alpha value is -2.86. The van der Waals surface area contributed by atoms with Gasteiger partial charge in [-0.1, -0.05) is 48.5 Å². The number of fused-ring (bicyclic) bond motifs is 3. The van der Waals surface area contributed by atoms with Gasteiger partial charge in [0.1, 0.15) is 6.61 Å². The van der Waals surface area contributed by atoms with Gasteiger partial charge < -0.3 is 19.9 Å². The molecule has 2 N–H and O–H groups in total. The molecule has 0 unspecified atom stereocenters. The Balaban J connectivity index is 1.64. The Morgan fingerprint density at radius 3 is 2.14 bits per heavy atom. The molecule has 0 saturated carbocycles. The molecule has 0 bridgehead atoms. The lowest BCUT2D eigenvalue weighted by molar-refractivity contribution is -0.138. The Morgan fingerprint density at radius 1 is 1.04 bits per heavy atom. The van der Waals surface area contributed by atoms with Gasteiger partial charge in [0.25, 0.3) is 0 Å². The predicted molar refractivity (Wildman–Crippen MR) is 105 cm³/mol. The summed E-state index contributed by atoms with van der Waals surface area (Å²) in [5.74, 6) is -1.04. The van der Waals surface area contributed by atoms with E-state index in [-0.39, 0.29) is 31.7 Å². The lowest BCUT2D eigenvalue weighted by Gasteiger charge is -2.20. The minimum atomic E-state index is -1.00. The highest BCUT2D eigenvalue weighted by atomic mass is 16.5. The summed E-state index contributed by atoms with van der Waals surface area (Å²) in [4.78, 5) is 23.3. The van der Waals surface area contributed by atoms with Crippen LogP contribution in [0.4, 0.5) is 4.79 Å². The number of carbonyl (C=O) groups is 2. The lowest BCUT2D eigenvalue weighted by atomic mass is 9.98. The van der Waals surface area contributed by atoms with Gasteiger partial charge in [-0.15, -0.1) is 0 Å². The first kappa shape index (κ1) is 19.9. The van der Waals surface area contributed by atoms with Crippen LogP contribution in [0, 0.1) is 0 Å². The second-order valence-corrected chi connectivity index (χ2v) is 7.15. The maximum Gasteiger partial charge on any atom is 0.407 e. The Bertz CT molecular complexity index is 803. The highest BCUT2D eigenvalue weighted by Crippen LogP contribution is 2.44. The molecule has 2 aromatic carbocycles. The Kier molecular flexibility index (Phi) is 6.31. The molecular weight excluding hydrogens is 358 g/mol. The smallest absolute Gasteiger partial charge is 0.407 e. The first-order valence-electron chi connectivity index (χ1n) is 9.40. The molecule has 2 aromatic rings. The van der Waals surface area contributed by atoms with Crippen LogP contribution < -0.4 is 5.32 Å². The topological polar surface area (TPSA) is 84.9 Å². The van der Waals surface area contributed by atoms with Crippen LogP contribution >= 0.6 is 0 Å². The summed E-state index contributed by atoms with van der Waals surface area (Å²) < 4.78 is 10.9. The maximum atomic E-state index is 12.3. The molecule has 148 valence electrons. The molecule has 1 aliphatic carbocycles. The molecule has 0 fully saturated rings. The van der Waals surface area contributed by atoms with Crippen molar-refractivity contribution in [1.82, 2.24) is 5.32 Å². The quantitative estimate of drug-likeness (QED) is 0.724. The van der Waals surface area contributed by atoms with E-state index in [1.165, 1.54) is 0 Å². The number of carbonyl (C=O) groups excluding carboxylic acids is 1. The van der Waals surface area contributed by atoms with Crippen molar-refractivity contribution in [3.8, 4) is 11.1 Å². The van der Waals surface area contributed by atoms with Gasteiger partial charge in [0.05, 0.1) is 25.2 Å². The number of amides is 1. The molecule has 1 atom stereocenters. The number of ether oxygens (including phenoxy) is 2. The summed E-state index contributed by atoms with van der Waals surface area (Å²) >= 11 is 0. The molecule has 0 radical (unpaired) electrons. The summed E-state index contributed by atoms with van der Waals surface area (Å²) in [7, 11) is 0. The van der Waals surface area contributed by atoms with Crippen molar-refractivity contribution in [3.63, 3.8) is 0 Å². The second-order valence-electron chi connectivity index (χ2n) is 7.15. The van der Waals surface area contributed by atoms with Crippen LogP contribution in [0.25, 0.3) is 11.1 Å². The fourth-order valence-corrected chi connectivity index (χ4v) is 3.48. The van der Waals surface area contributed by atoms with Crippen molar-refractivity contribution in [2.24, 2.45) is 0 Å². The van der Waals surface area contributed by atoms with E-state index in [9.17, 15) is 9.59 Å². The number of rotatable bonds is 8. The van der Waals surface area contributed by atoms with Crippen molar-refractivity contribution in [1.29, 1.82) is 0 Å². The zero-order valence-electron chi connectivity index (χ0n) is 16.1. The van der Waals surface area contributed by atoms with Crippen LogP contribution in [-0.4, -0.2) is 42.5 Å². The average molecular weight is 383 g/mol. The van der Waals surface area contributed by atoms with E-state index in [1.54, 1.807) is 0 Å². The third-order valence-corrected chi connectivity index (χ3v) is 4.72. The summed E-state index contributed by atoms with van der Waals surface area (Å²) in [5.41, 5.74) is 4.56. The molecule has 0 spiro atoms. The second kappa shape index (κ2) is 8.89. The van der Waals surface area contributed by atoms with Crippen molar-refractivity contribution in [2.45, 2.75) is 38.3 Å². The van der Waals surface area contributed by atoms with E-state index >= 15 is 0 Å². The lowest BCUT2D eigenvalue weighted by Crippen LogP contribution is -2.41. The first-order chi connectivity index (χ1) is 13.5. The van der Waals surface area contributed by atoms with Crippen molar-refractivity contribution in [2.75, 3.05) is 13.2 Å². The van der Waals surface area contributed by atoms with Crippen LogP contribution in [-0.2, 0) is 14.3 Å². The number of hydrogen-bond acceptors (Lipinski definition) is 4. The number of alkyl carbamates (subject to hydrolysis) is 1. The number of nitrogens with one attached hydrogen (secondary N) is 1. The van der Waals surface area contributed by atoms with Crippen molar-refractivity contribution >= 4 is 12.1 Å². The summed E-state index contributed by atoms with van der Waals surface area (Å²) in [6.07, 6.45) is -0.919. The summed E-state index contributed by atoms with van der Waals surface area (Å²) in [6, 6.07) is 15.5. The number of aliphatic carboxylic acids is 1. The van der Waals surface area contributed by atoms with Crippen LogP contribution in [0.1, 0.15) is 37.3 Å². The number of hydrogen-bond donors (Lipinski definition) is 2. The monoisotopic (exact) mass is 383 g/mol. The van der Waals surface area contributed by atoms with Crippen LogP contribution in [0.5, 0.6) is 0 Å². The van der Waals surface area contributed by atoms with Gasteiger partial charge in [0.2, 0.25) is 0 Å². The molecule has 0 aliphatic heterocycles. The molecule has 1 aliphatic rings. The molecule has 0 saturated heterocycles. The third-order valence-electron chi connectivity index (χ3n) is 4.72. The number of benzene rings is 2. The maximum absolute atomic E-state index is 12.3. The zero-order chi connectivity index (χ0) is 20.1. The zero-order valence-corrected chi connectivity index (χ0v) is 16.1. The van der Waals surface area contributed by atoms with Gasteiger partial charge in [0.15, 0.2) is 0 Å². The van der Waals surface area contributed by atoms with E-state index in [2.05, 4.69) is 17.4 Å². The van der Waals surface area contributed by atoms with Crippen molar-refractivity contribution in [3.05, 3.63) is 59.7 Å². The van der Waals surface area contributed by atoms with Gasteiger partial charge in [-0.2, -0.15) is 0 Å². The van der Waals surface area contributed by atoms with E-state index in [0.29, 0.717) is 0 Å². The third kappa shape index (κ3) is 4.70. The molecule has 6 nitrogen and oxygen atoms in total. The van der Waals surface area contributed by atoms with Gasteiger partial charge in [-0.25, -0.2) is 4.79 Å². The molecule has 6 heteroatoms.